The summed E-state index contributed by atoms with van der Waals surface area (Å²) in [5.41, 5.74) is 0.928. The maximum Gasteiger partial charge on any atom is 0.260 e. The number of carbonyl (C=O) groups is 1. The van der Waals surface area contributed by atoms with Crippen LogP contribution >= 0.6 is 34.8 Å². The van der Waals surface area contributed by atoms with Crippen molar-refractivity contribution in [1.29, 1.82) is 0 Å². The molecular formula is C18H16Cl3NO4. The number of nitrogens with zero attached hydrogens (tertiary/aromatic N) is 1. The zero-order chi connectivity index (χ0) is 18.7. The highest BCUT2D eigenvalue weighted by molar-refractivity contribution is 6.43. The second-order valence-corrected chi connectivity index (χ2v) is 6.93. The van der Waals surface area contributed by atoms with Crippen LogP contribution in [0, 0.1) is 0 Å². The van der Waals surface area contributed by atoms with Crippen molar-refractivity contribution < 1.29 is 19.0 Å². The molecule has 26 heavy (non-hydrogen) atoms. The summed E-state index contributed by atoms with van der Waals surface area (Å²) < 4.78 is 16.5. The quantitative estimate of drug-likeness (QED) is 0.675. The summed E-state index contributed by atoms with van der Waals surface area (Å²) in [5.74, 6) is 1.50. The fourth-order valence-corrected chi connectivity index (χ4v) is 3.00. The molecule has 0 N–H and O–H groups in total. The molecule has 138 valence electrons. The number of fused-ring (bicyclic) bond motifs is 1. The van der Waals surface area contributed by atoms with Gasteiger partial charge in [0.2, 0.25) is 0 Å². The van der Waals surface area contributed by atoms with Crippen molar-refractivity contribution in [2.45, 2.75) is 6.54 Å². The molecule has 2 aromatic carbocycles. The van der Waals surface area contributed by atoms with E-state index in [-0.39, 0.29) is 12.5 Å². The Bertz CT molecular complexity index is 828. The first-order chi connectivity index (χ1) is 12.4. The van der Waals surface area contributed by atoms with Gasteiger partial charge in [0.05, 0.1) is 15.1 Å². The van der Waals surface area contributed by atoms with Gasteiger partial charge < -0.3 is 19.1 Å². The molecule has 3 rings (SSSR count). The van der Waals surface area contributed by atoms with E-state index in [0.717, 1.165) is 5.56 Å². The van der Waals surface area contributed by atoms with Crippen LogP contribution in [0.1, 0.15) is 5.56 Å². The summed E-state index contributed by atoms with van der Waals surface area (Å²) in [6.07, 6.45) is 0. The van der Waals surface area contributed by atoms with Gasteiger partial charge in [-0.25, -0.2) is 0 Å². The van der Waals surface area contributed by atoms with E-state index in [1.807, 2.05) is 18.2 Å². The lowest BCUT2D eigenvalue weighted by Crippen LogP contribution is -2.31. The summed E-state index contributed by atoms with van der Waals surface area (Å²) in [6, 6.07) is 8.57. The minimum Gasteiger partial charge on any atom is -0.486 e. The minimum absolute atomic E-state index is 0.168. The maximum absolute atomic E-state index is 12.3. The summed E-state index contributed by atoms with van der Waals surface area (Å²) >= 11 is 17.9. The molecule has 0 atom stereocenters. The Morgan fingerprint density at radius 2 is 1.73 bits per heavy atom. The van der Waals surface area contributed by atoms with E-state index in [1.165, 1.54) is 12.1 Å². The standard InChI is InChI=1S/C18H16Cl3NO4/c1-22(9-11-2-3-15-17(6-11)25-5-4-24-15)18(23)10-26-16-8-13(20)12(19)7-14(16)21/h2-3,6-8H,4-5,9-10H2,1H3. The first-order valence-electron chi connectivity index (χ1n) is 7.84. The van der Waals surface area contributed by atoms with Gasteiger partial charge in [-0.2, -0.15) is 0 Å². The second-order valence-electron chi connectivity index (χ2n) is 5.71. The highest BCUT2D eigenvalue weighted by Crippen LogP contribution is 2.34. The molecule has 0 spiro atoms. The Hall–Kier alpha value is -1.82. The molecule has 1 amide bonds. The van der Waals surface area contributed by atoms with Gasteiger partial charge in [-0.1, -0.05) is 40.9 Å². The molecule has 0 saturated heterocycles. The average Bonchev–Trinajstić information content (AvgIpc) is 2.63. The van der Waals surface area contributed by atoms with Crippen LogP contribution < -0.4 is 14.2 Å². The fraction of sp³-hybridized carbons (Fsp3) is 0.278. The third-order valence-corrected chi connectivity index (χ3v) is 4.80. The van der Waals surface area contributed by atoms with Gasteiger partial charge in [-0.05, 0) is 23.8 Å². The van der Waals surface area contributed by atoms with Gasteiger partial charge in [0.15, 0.2) is 18.1 Å². The molecule has 0 fully saturated rings. The van der Waals surface area contributed by atoms with Gasteiger partial charge in [-0.15, -0.1) is 0 Å². The van der Waals surface area contributed by atoms with Crippen molar-refractivity contribution in [3.63, 3.8) is 0 Å². The van der Waals surface area contributed by atoms with Crippen LogP contribution in [0.15, 0.2) is 30.3 Å². The predicted octanol–water partition coefficient (Wildman–Crippen LogP) is 4.46. The Morgan fingerprint density at radius 1 is 1.04 bits per heavy atom. The molecule has 1 heterocycles. The Labute approximate surface area is 166 Å². The lowest BCUT2D eigenvalue weighted by molar-refractivity contribution is -0.132. The van der Waals surface area contributed by atoms with E-state index >= 15 is 0 Å². The smallest absolute Gasteiger partial charge is 0.260 e. The first kappa shape index (κ1) is 19.0. The Balaban J connectivity index is 1.59. The van der Waals surface area contributed by atoms with Crippen LogP contribution in [0.2, 0.25) is 15.1 Å². The Kier molecular flexibility index (Phi) is 6.01. The van der Waals surface area contributed by atoms with E-state index in [9.17, 15) is 4.79 Å². The molecular weight excluding hydrogens is 401 g/mol. The van der Waals surface area contributed by atoms with Crippen LogP contribution in [0.5, 0.6) is 17.2 Å². The van der Waals surface area contributed by atoms with Crippen molar-refractivity contribution in [3.05, 3.63) is 51.0 Å². The second kappa shape index (κ2) is 8.25. The molecule has 1 aliphatic rings. The Morgan fingerprint density at radius 3 is 2.50 bits per heavy atom. The number of benzene rings is 2. The van der Waals surface area contributed by atoms with Crippen molar-refractivity contribution in [3.8, 4) is 17.2 Å². The lowest BCUT2D eigenvalue weighted by atomic mass is 10.2. The molecule has 0 unspecified atom stereocenters. The zero-order valence-corrected chi connectivity index (χ0v) is 16.2. The van der Waals surface area contributed by atoms with Gasteiger partial charge >= 0.3 is 0 Å². The number of hydrogen-bond acceptors (Lipinski definition) is 4. The van der Waals surface area contributed by atoms with Gasteiger partial charge in [-0.3, -0.25) is 4.79 Å². The van der Waals surface area contributed by atoms with Crippen molar-refractivity contribution in [1.82, 2.24) is 4.90 Å². The number of ether oxygens (including phenoxy) is 3. The number of halogens is 3. The lowest BCUT2D eigenvalue weighted by Gasteiger charge is -2.21. The summed E-state index contributed by atoms with van der Waals surface area (Å²) in [7, 11) is 1.69. The monoisotopic (exact) mass is 415 g/mol. The van der Waals surface area contributed by atoms with Gasteiger partial charge in [0.1, 0.15) is 19.0 Å². The number of rotatable bonds is 5. The summed E-state index contributed by atoms with van der Waals surface area (Å²) in [4.78, 5) is 13.9. The van der Waals surface area contributed by atoms with Crippen molar-refractivity contribution in [2.75, 3.05) is 26.9 Å². The maximum atomic E-state index is 12.3. The normalized spacial score (nSPS) is 12.6. The first-order valence-corrected chi connectivity index (χ1v) is 8.97. The van der Waals surface area contributed by atoms with Crippen LogP contribution in [-0.2, 0) is 11.3 Å². The van der Waals surface area contributed by atoms with Crippen LogP contribution in [0.25, 0.3) is 0 Å². The molecule has 0 bridgehead atoms. The van der Waals surface area contributed by atoms with E-state index in [1.54, 1.807) is 11.9 Å². The van der Waals surface area contributed by atoms with Crippen LogP contribution in [0.3, 0.4) is 0 Å². The zero-order valence-electron chi connectivity index (χ0n) is 13.9. The topological polar surface area (TPSA) is 48.0 Å². The highest BCUT2D eigenvalue weighted by atomic mass is 35.5. The molecule has 0 radical (unpaired) electrons. The average molecular weight is 417 g/mol. The molecule has 0 saturated carbocycles. The number of amides is 1. The van der Waals surface area contributed by atoms with Gasteiger partial charge in [0, 0.05) is 19.7 Å². The van der Waals surface area contributed by atoms with E-state index in [2.05, 4.69) is 0 Å². The fourth-order valence-electron chi connectivity index (χ4n) is 2.41. The van der Waals surface area contributed by atoms with E-state index < -0.39 is 0 Å². The third-order valence-electron chi connectivity index (χ3n) is 3.78. The summed E-state index contributed by atoms with van der Waals surface area (Å²) in [5, 5.41) is 0.927. The molecule has 5 nitrogen and oxygen atoms in total. The third kappa shape index (κ3) is 4.47. The number of carbonyl (C=O) groups excluding carboxylic acids is 1. The van der Waals surface area contributed by atoms with Gasteiger partial charge in [0.25, 0.3) is 5.91 Å². The molecule has 0 aliphatic carbocycles. The minimum atomic E-state index is -0.206. The molecule has 8 heteroatoms. The largest absolute Gasteiger partial charge is 0.486 e. The van der Waals surface area contributed by atoms with Crippen molar-refractivity contribution in [2.24, 2.45) is 0 Å². The van der Waals surface area contributed by atoms with E-state index in [4.69, 9.17) is 49.0 Å². The van der Waals surface area contributed by atoms with E-state index in [0.29, 0.717) is 52.1 Å². The predicted molar refractivity (Wildman–Crippen MR) is 101 cm³/mol. The van der Waals surface area contributed by atoms with Crippen LogP contribution in [-0.4, -0.2) is 37.7 Å². The highest BCUT2D eigenvalue weighted by Gasteiger charge is 2.16. The number of likely N-dealkylation sites (N-methyl/N-ethyl adjacent to an activating group) is 1. The molecule has 1 aliphatic heterocycles. The SMILES string of the molecule is CN(Cc1ccc2c(c1)OCCO2)C(=O)COc1cc(Cl)c(Cl)cc1Cl. The number of hydrogen-bond donors (Lipinski definition) is 0. The van der Waals surface area contributed by atoms with Crippen molar-refractivity contribution >= 4 is 40.7 Å². The molecule has 2 aromatic rings. The summed E-state index contributed by atoms with van der Waals surface area (Å²) in [6.45, 7) is 1.30. The van der Waals surface area contributed by atoms with Crippen LogP contribution in [0.4, 0.5) is 0 Å². The molecule has 0 aromatic heterocycles.